The molecular formula is C15H22Cl2N2O. The van der Waals surface area contributed by atoms with Gasteiger partial charge in [-0.3, -0.25) is 4.79 Å². The van der Waals surface area contributed by atoms with Crippen molar-refractivity contribution in [3.8, 4) is 0 Å². The molecule has 1 unspecified atom stereocenters. The highest BCUT2D eigenvalue weighted by Gasteiger charge is 2.16. The van der Waals surface area contributed by atoms with Gasteiger partial charge in [-0.15, -0.1) is 0 Å². The van der Waals surface area contributed by atoms with Gasteiger partial charge >= 0.3 is 0 Å². The SMILES string of the molecule is CCC(NCC(=O)NC(C)(C)C)c1ccc(Cl)c(Cl)c1. The molecule has 0 saturated heterocycles. The van der Waals surface area contributed by atoms with Crippen molar-refractivity contribution in [1.82, 2.24) is 10.6 Å². The van der Waals surface area contributed by atoms with Crippen molar-refractivity contribution in [2.45, 2.75) is 45.7 Å². The molecule has 5 heteroatoms. The number of nitrogens with one attached hydrogen (secondary N) is 2. The molecule has 3 nitrogen and oxygen atoms in total. The molecule has 0 heterocycles. The fourth-order valence-corrected chi connectivity index (χ4v) is 2.21. The first-order valence-electron chi connectivity index (χ1n) is 6.72. The lowest BCUT2D eigenvalue weighted by atomic mass is 10.0. The number of carbonyl (C=O) groups is 1. The van der Waals surface area contributed by atoms with Gasteiger partial charge in [0.25, 0.3) is 0 Å². The predicted molar refractivity (Wildman–Crippen MR) is 85.4 cm³/mol. The Morgan fingerprint density at radius 1 is 1.25 bits per heavy atom. The zero-order valence-electron chi connectivity index (χ0n) is 12.4. The second-order valence-corrected chi connectivity index (χ2v) is 6.63. The van der Waals surface area contributed by atoms with Crippen LogP contribution in [0.5, 0.6) is 0 Å². The van der Waals surface area contributed by atoms with Gasteiger partial charge in [0.15, 0.2) is 0 Å². The minimum atomic E-state index is -0.218. The summed E-state index contributed by atoms with van der Waals surface area (Å²) in [6.07, 6.45) is 0.862. The molecule has 1 atom stereocenters. The van der Waals surface area contributed by atoms with E-state index in [-0.39, 0.29) is 24.0 Å². The molecule has 1 rings (SSSR count). The van der Waals surface area contributed by atoms with Crippen molar-refractivity contribution in [2.75, 3.05) is 6.54 Å². The van der Waals surface area contributed by atoms with Crippen LogP contribution in [0.2, 0.25) is 10.0 Å². The smallest absolute Gasteiger partial charge is 0.234 e. The van der Waals surface area contributed by atoms with E-state index in [1.165, 1.54) is 0 Å². The standard InChI is InChI=1S/C15H22Cl2N2O/c1-5-13(10-6-7-11(16)12(17)8-10)18-9-14(20)19-15(2,3)4/h6-8,13,18H,5,9H2,1-4H3,(H,19,20). The Balaban J connectivity index is 2.63. The number of rotatable bonds is 5. The largest absolute Gasteiger partial charge is 0.350 e. The lowest BCUT2D eigenvalue weighted by Gasteiger charge is -2.22. The van der Waals surface area contributed by atoms with E-state index in [9.17, 15) is 4.79 Å². The second-order valence-electron chi connectivity index (χ2n) is 5.81. The minimum Gasteiger partial charge on any atom is -0.350 e. The number of hydrogen-bond donors (Lipinski definition) is 2. The van der Waals surface area contributed by atoms with E-state index in [0.717, 1.165) is 12.0 Å². The van der Waals surface area contributed by atoms with Crippen LogP contribution in [0.15, 0.2) is 18.2 Å². The van der Waals surface area contributed by atoms with Crippen molar-refractivity contribution in [1.29, 1.82) is 0 Å². The summed E-state index contributed by atoms with van der Waals surface area (Å²) in [6, 6.07) is 5.62. The van der Waals surface area contributed by atoms with Crippen LogP contribution >= 0.6 is 23.2 Å². The Morgan fingerprint density at radius 2 is 1.90 bits per heavy atom. The van der Waals surface area contributed by atoms with Crippen molar-refractivity contribution < 1.29 is 4.79 Å². The summed E-state index contributed by atoms with van der Waals surface area (Å²) >= 11 is 11.9. The van der Waals surface area contributed by atoms with Gasteiger partial charge in [-0.2, -0.15) is 0 Å². The lowest BCUT2D eigenvalue weighted by Crippen LogP contribution is -2.45. The summed E-state index contributed by atoms with van der Waals surface area (Å²) in [5.74, 6) is -0.0176. The van der Waals surface area contributed by atoms with E-state index in [1.54, 1.807) is 6.07 Å². The summed E-state index contributed by atoms with van der Waals surface area (Å²) < 4.78 is 0. The maximum absolute atomic E-state index is 11.8. The van der Waals surface area contributed by atoms with Crippen molar-refractivity contribution in [2.24, 2.45) is 0 Å². The summed E-state index contributed by atoms with van der Waals surface area (Å²) in [6.45, 7) is 8.21. The fourth-order valence-electron chi connectivity index (χ4n) is 1.91. The van der Waals surface area contributed by atoms with Gasteiger partial charge in [0.2, 0.25) is 5.91 Å². The average molecular weight is 317 g/mol. The Kier molecular flexibility index (Phi) is 6.31. The topological polar surface area (TPSA) is 41.1 Å². The van der Waals surface area contributed by atoms with Crippen molar-refractivity contribution >= 4 is 29.1 Å². The molecule has 20 heavy (non-hydrogen) atoms. The van der Waals surface area contributed by atoms with E-state index in [0.29, 0.717) is 10.0 Å². The van der Waals surface area contributed by atoms with Crippen molar-refractivity contribution in [3.63, 3.8) is 0 Å². The first-order chi connectivity index (χ1) is 9.23. The molecule has 0 aliphatic heterocycles. The minimum absolute atomic E-state index is 0.0176. The molecule has 1 aromatic carbocycles. The van der Waals surface area contributed by atoms with E-state index in [2.05, 4.69) is 17.6 Å². The number of benzene rings is 1. The third kappa shape index (κ3) is 5.70. The zero-order valence-corrected chi connectivity index (χ0v) is 13.9. The highest BCUT2D eigenvalue weighted by Crippen LogP contribution is 2.26. The van der Waals surface area contributed by atoms with Gasteiger partial charge in [0.1, 0.15) is 0 Å². The number of carbonyl (C=O) groups excluding carboxylic acids is 1. The van der Waals surface area contributed by atoms with E-state index in [4.69, 9.17) is 23.2 Å². The van der Waals surface area contributed by atoms with Crippen LogP contribution in [0.1, 0.15) is 45.7 Å². The maximum Gasteiger partial charge on any atom is 0.234 e. The van der Waals surface area contributed by atoms with Gasteiger partial charge in [0, 0.05) is 11.6 Å². The normalized spacial score (nSPS) is 13.1. The van der Waals surface area contributed by atoms with Gasteiger partial charge < -0.3 is 10.6 Å². The van der Waals surface area contributed by atoms with E-state index >= 15 is 0 Å². The Hall–Kier alpha value is -0.770. The van der Waals surface area contributed by atoms with Gasteiger partial charge in [-0.05, 0) is 44.9 Å². The molecule has 0 aromatic heterocycles. The van der Waals surface area contributed by atoms with Crippen molar-refractivity contribution in [3.05, 3.63) is 33.8 Å². The molecule has 0 aliphatic carbocycles. The van der Waals surface area contributed by atoms with Crippen LogP contribution in [0, 0.1) is 0 Å². The Labute approximate surface area is 131 Å². The van der Waals surface area contributed by atoms with E-state index in [1.807, 2.05) is 32.9 Å². The molecule has 0 aliphatic rings. The second kappa shape index (κ2) is 7.30. The maximum atomic E-state index is 11.8. The van der Waals surface area contributed by atoms with Gasteiger partial charge in [-0.1, -0.05) is 36.2 Å². The molecule has 0 spiro atoms. The third-order valence-corrected chi connectivity index (χ3v) is 3.52. The van der Waals surface area contributed by atoms with E-state index < -0.39 is 0 Å². The summed E-state index contributed by atoms with van der Waals surface area (Å²) in [4.78, 5) is 11.8. The first kappa shape index (κ1) is 17.3. The Bertz CT molecular complexity index is 469. The van der Waals surface area contributed by atoms with Crippen LogP contribution in [-0.4, -0.2) is 18.0 Å². The van der Waals surface area contributed by atoms with Gasteiger partial charge in [0.05, 0.1) is 16.6 Å². The summed E-state index contributed by atoms with van der Waals surface area (Å²) in [5, 5.41) is 7.23. The van der Waals surface area contributed by atoms with Gasteiger partial charge in [-0.25, -0.2) is 0 Å². The first-order valence-corrected chi connectivity index (χ1v) is 7.48. The quantitative estimate of drug-likeness (QED) is 0.863. The number of halogens is 2. The average Bonchev–Trinajstić information content (AvgIpc) is 2.32. The zero-order chi connectivity index (χ0) is 15.3. The molecule has 0 fully saturated rings. The van der Waals surface area contributed by atoms with Crippen LogP contribution in [0.3, 0.4) is 0 Å². The lowest BCUT2D eigenvalue weighted by molar-refractivity contribution is -0.121. The van der Waals surface area contributed by atoms with Crippen LogP contribution in [-0.2, 0) is 4.79 Å². The molecule has 2 N–H and O–H groups in total. The van der Waals surface area contributed by atoms with Crippen LogP contribution in [0.4, 0.5) is 0 Å². The van der Waals surface area contributed by atoms with Crippen LogP contribution < -0.4 is 10.6 Å². The fraction of sp³-hybridized carbons (Fsp3) is 0.533. The molecule has 0 bridgehead atoms. The third-order valence-electron chi connectivity index (χ3n) is 2.78. The predicted octanol–water partition coefficient (Wildman–Crippen LogP) is 3.95. The van der Waals surface area contributed by atoms with Crippen LogP contribution in [0.25, 0.3) is 0 Å². The summed E-state index contributed by atoms with van der Waals surface area (Å²) in [7, 11) is 0. The monoisotopic (exact) mass is 316 g/mol. The molecule has 0 saturated carbocycles. The molecule has 1 aromatic rings. The highest BCUT2D eigenvalue weighted by molar-refractivity contribution is 6.42. The molecule has 1 amide bonds. The molecule has 112 valence electrons. The number of amides is 1. The highest BCUT2D eigenvalue weighted by atomic mass is 35.5. The number of hydrogen-bond acceptors (Lipinski definition) is 2. The molecule has 0 radical (unpaired) electrons. The summed E-state index contributed by atoms with van der Waals surface area (Å²) in [5.41, 5.74) is 0.815. The molecular weight excluding hydrogens is 295 g/mol. The Morgan fingerprint density at radius 3 is 2.40 bits per heavy atom.